The minimum atomic E-state index is -3.93. The van der Waals surface area contributed by atoms with Crippen LogP contribution in [0, 0.1) is 13.8 Å². The predicted molar refractivity (Wildman–Crippen MR) is 126 cm³/mol. The third-order valence-electron chi connectivity index (χ3n) is 5.12. The van der Waals surface area contributed by atoms with Crippen LogP contribution in [0.25, 0.3) is 0 Å². The Hall–Kier alpha value is -3.16. The predicted octanol–water partition coefficient (Wildman–Crippen LogP) is 4.23. The van der Waals surface area contributed by atoms with Gasteiger partial charge in [-0.3, -0.25) is 4.79 Å². The first-order valence-electron chi connectivity index (χ1n) is 10.5. The number of nitrogens with one attached hydrogen (secondary N) is 2. The molecule has 3 aromatic carbocycles. The second-order valence-corrected chi connectivity index (χ2v) is 9.27. The van der Waals surface area contributed by atoms with Crippen LogP contribution in [0.3, 0.4) is 0 Å². The lowest BCUT2D eigenvalue weighted by Gasteiger charge is -2.19. The summed E-state index contributed by atoms with van der Waals surface area (Å²) in [6.07, 6.45) is 0.216. The highest BCUT2D eigenvalue weighted by Crippen LogP contribution is 2.18. The summed E-state index contributed by atoms with van der Waals surface area (Å²) in [7, 11) is -3.93. The van der Waals surface area contributed by atoms with Gasteiger partial charge < -0.3 is 10.1 Å². The van der Waals surface area contributed by atoms with Crippen molar-refractivity contribution in [3.05, 3.63) is 89.5 Å². The maximum atomic E-state index is 13.1. The van der Waals surface area contributed by atoms with E-state index in [1.807, 2.05) is 63.2 Å². The summed E-state index contributed by atoms with van der Waals surface area (Å²) in [5.41, 5.74) is 3.62. The van der Waals surface area contributed by atoms with E-state index in [2.05, 4.69) is 10.0 Å². The molecular weight excluding hydrogens is 424 g/mol. The number of benzene rings is 3. The zero-order chi connectivity index (χ0) is 23.1. The molecule has 6 nitrogen and oxygen atoms in total. The summed E-state index contributed by atoms with van der Waals surface area (Å²) >= 11 is 0. The number of ether oxygens (including phenoxy) is 1. The maximum absolute atomic E-state index is 13.1. The minimum Gasteiger partial charge on any atom is -0.494 e. The van der Waals surface area contributed by atoms with Crippen molar-refractivity contribution >= 4 is 21.6 Å². The number of rotatable bonds is 9. The number of aryl methyl sites for hydroxylation is 2. The number of carbonyl (C=O) groups is 1. The Labute approximate surface area is 189 Å². The van der Waals surface area contributed by atoms with E-state index in [0.717, 1.165) is 16.7 Å². The van der Waals surface area contributed by atoms with Crippen LogP contribution in [-0.4, -0.2) is 27.0 Å². The van der Waals surface area contributed by atoms with Crippen molar-refractivity contribution in [1.29, 1.82) is 0 Å². The SMILES string of the molecule is CCOc1ccc(S(=O)(=O)NC(Cc2ccccc2)C(=O)Nc2ccc(C)c(C)c2)cc1. The molecule has 0 radical (unpaired) electrons. The van der Waals surface area contributed by atoms with Crippen LogP contribution in [0.5, 0.6) is 5.75 Å². The normalized spacial score (nSPS) is 12.2. The van der Waals surface area contributed by atoms with Crippen LogP contribution in [0.4, 0.5) is 5.69 Å². The Morgan fingerprint density at radius 2 is 1.62 bits per heavy atom. The second-order valence-electron chi connectivity index (χ2n) is 7.56. The number of carbonyl (C=O) groups excluding carboxylic acids is 1. The summed E-state index contributed by atoms with van der Waals surface area (Å²) in [6.45, 7) is 6.29. The Kier molecular flexibility index (Phi) is 7.66. The van der Waals surface area contributed by atoms with E-state index < -0.39 is 22.0 Å². The molecule has 2 N–H and O–H groups in total. The summed E-state index contributed by atoms with van der Waals surface area (Å²) in [6, 6.07) is 20.0. The molecule has 1 unspecified atom stereocenters. The molecule has 1 amide bonds. The zero-order valence-electron chi connectivity index (χ0n) is 18.5. The van der Waals surface area contributed by atoms with E-state index in [1.54, 1.807) is 18.2 Å². The summed E-state index contributed by atoms with van der Waals surface area (Å²) in [5, 5.41) is 2.84. The van der Waals surface area contributed by atoms with Crippen molar-refractivity contribution in [3.8, 4) is 5.75 Å². The largest absolute Gasteiger partial charge is 0.494 e. The van der Waals surface area contributed by atoms with Crippen molar-refractivity contribution in [2.24, 2.45) is 0 Å². The molecule has 0 heterocycles. The molecule has 7 heteroatoms. The van der Waals surface area contributed by atoms with E-state index in [9.17, 15) is 13.2 Å². The molecule has 0 aromatic heterocycles. The van der Waals surface area contributed by atoms with Crippen LogP contribution in [0.15, 0.2) is 77.7 Å². The highest BCUT2D eigenvalue weighted by Gasteiger charge is 2.26. The summed E-state index contributed by atoms with van der Waals surface area (Å²) < 4.78 is 34.0. The molecule has 0 aliphatic heterocycles. The fraction of sp³-hybridized carbons (Fsp3) is 0.240. The maximum Gasteiger partial charge on any atom is 0.242 e. The molecule has 3 rings (SSSR count). The van der Waals surface area contributed by atoms with Gasteiger partial charge in [-0.25, -0.2) is 8.42 Å². The molecular formula is C25H28N2O4S. The average molecular weight is 453 g/mol. The van der Waals surface area contributed by atoms with Crippen molar-refractivity contribution < 1.29 is 17.9 Å². The lowest BCUT2D eigenvalue weighted by atomic mass is 10.1. The van der Waals surface area contributed by atoms with Gasteiger partial charge in [-0.05, 0) is 80.3 Å². The zero-order valence-corrected chi connectivity index (χ0v) is 19.3. The quantitative estimate of drug-likeness (QED) is 0.509. The monoisotopic (exact) mass is 452 g/mol. The van der Waals surface area contributed by atoms with Gasteiger partial charge in [-0.1, -0.05) is 36.4 Å². The number of anilines is 1. The van der Waals surface area contributed by atoms with Gasteiger partial charge in [0.25, 0.3) is 0 Å². The Morgan fingerprint density at radius 3 is 2.25 bits per heavy atom. The molecule has 0 fully saturated rings. The topological polar surface area (TPSA) is 84.5 Å². The van der Waals surface area contributed by atoms with Crippen molar-refractivity contribution in [2.45, 2.75) is 38.1 Å². The minimum absolute atomic E-state index is 0.0676. The van der Waals surface area contributed by atoms with Gasteiger partial charge in [0.15, 0.2) is 0 Å². The van der Waals surface area contributed by atoms with Gasteiger partial charge in [0.05, 0.1) is 11.5 Å². The highest BCUT2D eigenvalue weighted by atomic mass is 32.2. The fourth-order valence-electron chi connectivity index (χ4n) is 3.22. The van der Waals surface area contributed by atoms with E-state index in [4.69, 9.17) is 4.74 Å². The Bertz CT molecular complexity index is 1160. The van der Waals surface area contributed by atoms with Crippen LogP contribution in [0.1, 0.15) is 23.6 Å². The lowest BCUT2D eigenvalue weighted by Crippen LogP contribution is -2.45. The lowest BCUT2D eigenvalue weighted by molar-refractivity contribution is -0.117. The third-order valence-corrected chi connectivity index (χ3v) is 6.60. The molecule has 0 spiro atoms. The average Bonchev–Trinajstić information content (AvgIpc) is 2.77. The molecule has 3 aromatic rings. The summed E-state index contributed by atoms with van der Waals surface area (Å²) in [4.78, 5) is 13.2. The molecule has 0 aliphatic carbocycles. The number of amides is 1. The smallest absolute Gasteiger partial charge is 0.242 e. The van der Waals surface area contributed by atoms with Gasteiger partial charge in [0.1, 0.15) is 11.8 Å². The number of hydrogen-bond acceptors (Lipinski definition) is 4. The standard InChI is InChI=1S/C25H28N2O4S/c1-4-31-22-12-14-23(15-13-22)32(29,30)27-24(17-20-8-6-5-7-9-20)25(28)26-21-11-10-18(2)19(3)16-21/h5-16,24,27H,4,17H2,1-3H3,(H,26,28). The molecule has 32 heavy (non-hydrogen) atoms. The fourth-order valence-corrected chi connectivity index (χ4v) is 4.42. The first-order chi connectivity index (χ1) is 15.3. The van der Waals surface area contributed by atoms with Crippen LogP contribution in [0.2, 0.25) is 0 Å². The van der Waals surface area contributed by atoms with Crippen LogP contribution >= 0.6 is 0 Å². The summed E-state index contributed by atoms with van der Waals surface area (Å²) in [5.74, 6) is 0.159. The van der Waals surface area contributed by atoms with Crippen molar-refractivity contribution in [1.82, 2.24) is 4.72 Å². The van der Waals surface area contributed by atoms with Gasteiger partial charge in [0.2, 0.25) is 15.9 Å². The van der Waals surface area contributed by atoms with Crippen LogP contribution < -0.4 is 14.8 Å². The molecule has 168 valence electrons. The van der Waals surface area contributed by atoms with Crippen molar-refractivity contribution in [2.75, 3.05) is 11.9 Å². The first kappa shape index (κ1) is 23.5. The Balaban J connectivity index is 1.84. The highest BCUT2D eigenvalue weighted by molar-refractivity contribution is 7.89. The van der Waals surface area contributed by atoms with E-state index in [0.29, 0.717) is 18.0 Å². The molecule has 0 saturated heterocycles. The number of hydrogen-bond donors (Lipinski definition) is 2. The van der Waals surface area contributed by atoms with E-state index in [-0.39, 0.29) is 11.3 Å². The van der Waals surface area contributed by atoms with Gasteiger partial charge in [0, 0.05) is 5.69 Å². The van der Waals surface area contributed by atoms with Gasteiger partial charge in [-0.15, -0.1) is 0 Å². The Morgan fingerprint density at radius 1 is 0.938 bits per heavy atom. The van der Waals surface area contributed by atoms with Gasteiger partial charge in [-0.2, -0.15) is 4.72 Å². The van der Waals surface area contributed by atoms with E-state index in [1.165, 1.54) is 12.1 Å². The molecule has 0 aliphatic rings. The third kappa shape index (κ3) is 6.18. The number of sulfonamides is 1. The first-order valence-corrected chi connectivity index (χ1v) is 11.9. The second kappa shape index (κ2) is 10.4. The molecule has 1 atom stereocenters. The molecule has 0 saturated carbocycles. The molecule has 0 bridgehead atoms. The van der Waals surface area contributed by atoms with E-state index >= 15 is 0 Å². The van der Waals surface area contributed by atoms with Crippen molar-refractivity contribution in [3.63, 3.8) is 0 Å². The van der Waals surface area contributed by atoms with Crippen LogP contribution in [-0.2, 0) is 21.2 Å². The van der Waals surface area contributed by atoms with Gasteiger partial charge >= 0.3 is 0 Å².